The molecule has 0 heterocycles. The molecule has 0 aliphatic heterocycles. The van der Waals surface area contributed by atoms with E-state index in [2.05, 4.69) is 67.6 Å². The smallest absolute Gasteiger partial charge is 0.295 e. The highest BCUT2D eigenvalue weighted by atomic mass is 28.3. The van der Waals surface area contributed by atoms with Crippen LogP contribution < -0.4 is 5.32 Å². The maximum atomic E-state index is 12.3. The Morgan fingerprint density at radius 1 is 1.04 bits per heavy atom. The lowest BCUT2D eigenvalue weighted by molar-refractivity contribution is -0.116. The van der Waals surface area contributed by atoms with Gasteiger partial charge in [-0.05, 0) is 30.4 Å². The highest BCUT2D eigenvalue weighted by Gasteiger charge is 2.15. The summed E-state index contributed by atoms with van der Waals surface area (Å²) in [5.41, 5.74) is 6.66. The molecule has 0 bridgehead atoms. The zero-order valence-corrected chi connectivity index (χ0v) is 15.9. The monoisotopic (exact) mass is 335 g/mol. The van der Waals surface area contributed by atoms with Gasteiger partial charge >= 0.3 is 0 Å². The fourth-order valence-electron chi connectivity index (χ4n) is 2.34. The number of nitrogens with one attached hydrogen (secondary N) is 1. The molecular weight excluding hydrogens is 310 g/mol. The predicted octanol–water partition coefficient (Wildman–Crippen LogP) is 4.28. The van der Waals surface area contributed by atoms with Crippen LogP contribution in [0.4, 0.5) is 0 Å². The Hall–Kier alpha value is -2.31. The number of benzene rings is 2. The van der Waals surface area contributed by atoms with Crippen LogP contribution in [0.1, 0.15) is 22.7 Å². The topological polar surface area (TPSA) is 29.1 Å². The lowest BCUT2D eigenvalue weighted by Crippen LogP contribution is -2.29. The van der Waals surface area contributed by atoms with Crippen molar-refractivity contribution in [2.45, 2.75) is 39.0 Å². The Morgan fingerprint density at radius 3 is 2.25 bits per heavy atom. The van der Waals surface area contributed by atoms with Crippen molar-refractivity contribution in [3.63, 3.8) is 0 Å². The van der Waals surface area contributed by atoms with Gasteiger partial charge < -0.3 is 5.32 Å². The van der Waals surface area contributed by atoms with E-state index in [1.165, 1.54) is 11.1 Å². The summed E-state index contributed by atoms with van der Waals surface area (Å²) in [4.78, 5) is 12.3. The minimum atomic E-state index is -1.55. The van der Waals surface area contributed by atoms with Crippen molar-refractivity contribution in [2.75, 3.05) is 0 Å². The van der Waals surface area contributed by atoms with Gasteiger partial charge in [0.05, 0.1) is 6.04 Å². The first-order valence-electron chi connectivity index (χ1n) is 8.28. The Bertz CT molecular complexity index is 733. The van der Waals surface area contributed by atoms with E-state index in [1.54, 1.807) is 0 Å². The van der Waals surface area contributed by atoms with Crippen LogP contribution in [0.5, 0.6) is 0 Å². The number of amides is 1. The van der Waals surface area contributed by atoms with Crippen LogP contribution >= 0.6 is 0 Å². The van der Waals surface area contributed by atoms with E-state index in [1.807, 2.05) is 30.3 Å². The predicted molar refractivity (Wildman–Crippen MR) is 103 cm³/mol. The van der Waals surface area contributed by atoms with Gasteiger partial charge in [0.25, 0.3) is 5.91 Å². The molecule has 0 fully saturated rings. The van der Waals surface area contributed by atoms with Gasteiger partial charge in [0.2, 0.25) is 0 Å². The van der Waals surface area contributed by atoms with E-state index in [9.17, 15) is 4.79 Å². The summed E-state index contributed by atoms with van der Waals surface area (Å²) in [6, 6.07) is 18.4. The van der Waals surface area contributed by atoms with Crippen molar-refractivity contribution >= 4 is 14.0 Å². The van der Waals surface area contributed by atoms with Crippen molar-refractivity contribution in [1.29, 1.82) is 0 Å². The fourth-order valence-corrected chi connectivity index (χ4v) is 2.82. The molecular formula is C21H25NOSi. The standard InChI is InChI=1S/C21H25NOSi/c1-17-10-12-18(13-11-17)16-20(19-8-6-5-7-9-19)22-21(23)14-15-24(2,3)4/h5-13,20H,16H2,1-4H3,(H,22,23). The Balaban J connectivity index is 2.18. The van der Waals surface area contributed by atoms with Crippen molar-refractivity contribution in [2.24, 2.45) is 0 Å². The molecule has 124 valence electrons. The highest BCUT2D eigenvalue weighted by molar-refractivity contribution is 6.84. The average molecular weight is 336 g/mol. The van der Waals surface area contributed by atoms with Gasteiger partial charge in [-0.15, -0.1) is 5.54 Å². The molecule has 0 radical (unpaired) electrons. The summed E-state index contributed by atoms with van der Waals surface area (Å²) in [5.74, 6) is 2.58. The van der Waals surface area contributed by atoms with Crippen LogP contribution in [-0.2, 0) is 11.2 Å². The number of carbonyl (C=O) groups excluding carboxylic acids is 1. The van der Waals surface area contributed by atoms with E-state index in [0.717, 1.165) is 12.0 Å². The van der Waals surface area contributed by atoms with Gasteiger partial charge in [-0.1, -0.05) is 79.8 Å². The number of carbonyl (C=O) groups is 1. The molecule has 2 nitrogen and oxygen atoms in total. The lowest BCUT2D eigenvalue weighted by Gasteiger charge is -2.18. The first-order valence-corrected chi connectivity index (χ1v) is 11.8. The Labute approximate surface area is 146 Å². The summed E-state index contributed by atoms with van der Waals surface area (Å²) in [5, 5.41) is 3.08. The number of hydrogen-bond donors (Lipinski definition) is 1. The number of hydrogen-bond acceptors (Lipinski definition) is 1. The number of rotatable bonds is 4. The maximum Gasteiger partial charge on any atom is 0.295 e. The molecule has 2 aromatic carbocycles. The van der Waals surface area contributed by atoms with Gasteiger partial charge in [-0.2, -0.15) is 0 Å². The van der Waals surface area contributed by atoms with Crippen LogP contribution in [0.25, 0.3) is 0 Å². The summed E-state index contributed by atoms with van der Waals surface area (Å²) < 4.78 is 0. The molecule has 3 heteroatoms. The van der Waals surface area contributed by atoms with E-state index in [4.69, 9.17) is 0 Å². The van der Waals surface area contributed by atoms with Gasteiger partial charge in [-0.3, -0.25) is 4.79 Å². The molecule has 0 saturated heterocycles. The van der Waals surface area contributed by atoms with E-state index >= 15 is 0 Å². The van der Waals surface area contributed by atoms with Gasteiger partial charge in [0.1, 0.15) is 8.07 Å². The van der Waals surface area contributed by atoms with Crippen LogP contribution in [0.3, 0.4) is 0 Å². The molecule has 1 unspecified atom stereocenters. The summed E-state index contributed by atoms with van der Waals surface area (Å²) in [6.45, 7) is 8.48. The van der Waals surface area contributed by atoms with Crippen LogP contribution in [0, 0.1) is 18.4 Å². The Kier molecular flexibility index (Phi) is 6.00. The van der Waals surface area contributed by atoms with Crippen molar-refractivity contribution in [1.82, 2.24) is 5.32 Å². The van der Waals surface area contributed by atoms with E-state index in [-0.39, 0.29) is 11.9 Å². The zero-order valence-electron chi connectivity index (χ0n) is 14.9. The third-order valence-corrected chi connectivity index (χ3v) is 4.49. The van der Waals surface area contributed by atoms with Crippen molar-refractivity contribution < 1.29 is 4.79 Å². The van der Waals surface area contributed by atoms with Gasteiger partial charge in [0, 0.05) is 0 Å². The van der Waals surface area contributed by atoms with E-state index < -0.39 is 8.07 Å². The lowest BCUT2D eigenvalue weighted by atomic mass is 9.98. The third-order valence-electron chi connectivity index (χ3n) is 3.62. The molecule has 1 N–H and O–H groups in total. The molecule has 2 aromatic rings. The highest BCUT2D eigenvalue weighted by Crippen LogP contribution is 2.18. The van der Waals surface area contributed by atoms with Crippen LogP contribution in [0.2, 0.25) is 19.6 Å². The quantitative estimate of drug-likeness (QED) is 0.656. The minimum Gasteiger partial charge on any atom is -0.338 e. The molecule has 1 amide bonds. The Morgan fingerprint density at radius 2 is 1.67 bits per heavy atom. The molecule has 0 aromatic heterocycles. The first-order chi connectivity index (χ1) is 11.3. The average Bonchev–Trinajstić information content (AvgIpc) is 2.54. The molecule has 2 rings (SSSR count). The van der Waals surface area contributed by atoms with Crippen LogP contribution in [0.15, 0.2) is 54.6 Å². The molecule has 0 aliphatic carbocycles. The van der Waals surface area contributed by atoms with E-state index in [0.29, 0.717) is 0 Å². The zero-order chi connectivity index (χ0) is 17.6. The second-order valence-electron chi connectivity index (χ2n) is 7.13. The fraction of sp³-hybridized carbons (Fsp3) is 0.286. The largest absolute Gasteiger partial charge is 0.338 e. The van der Waals surface area contributed by atoms with Gasteiger partial charge in [-0.25, -0.2) is 0 Å². The second kappa shape index (κ2) is 7.99. The molecule has 1 atom stereocenters. The minimum absolute atomic E-state index is 0.0719. The first kappa shape index (κ1) is 18.0. The molecule has 24 heavy (non-hydrogen) atoms. The molecule has 0 saturated carbocycles. The van der Waals surface area contributed by atoms with Crippen LogP contribution in [-0.4, -0.2) is 14.0 Å². The second-order valence-corrected chi connectivity index (χ2v) is 11.9. The normalized spacial score (nSPS) is 12.0. The van der Waals surface area contributed by atoms with Gasteiger partial charge in [0.15, 0.2) is 0 Å². The summed E-state index contributed by atoms with van der Waals surface area (Å²) >= 11 is 0. The number of aryl methyl sites for hydroxylation is 1. The van der Waals surface area contributed by atoms with Crippen molar-refractivity contribution in [3.05, 3.63) is 71.3 Å². The summed E-state index contributed by atoms with van der Waals surface area (Å²) in [6.07, 6.45) is 0.755. The van der Waals surface area contributed by atoms with Crippen molar-refractivity contribution in [3.8, 4) is 11.5 Å². The summed E-state index contributed by atoms with van der Waals surface area (Å²) in [7, 11) is -1.55. The molecule has 0 aliphatic rings. The third kappa shape index (κ3) is 6.06. The maximum absolute atomic E-state index is 12.3. The molecule has 0 spiro atoms. The SMILES string of the molecule is Cc1ccc(CC(NC(=O)C#C[Si](C)(C)C)c2ccccc2)cc1.